The molecule has 0 radical (unpaired) electrons. The van der Waals surface area contributed by atoms with Crippen LogP contribution in [0.4, 0.5) is 11.8 Å². The first kappa shape index (κ1) is 16.9. The van der Waals surface area contributed by atoms with Crippen LogP contribution in [-0.4, -0.2) is 29.9 Å². The van der Waals surface area contributed by atoms with Crippen molar-refractivity contribution < 1.29 is 9.47 Å². The fraction of sp³-hybridized carbons (Fsp3) is 0.273. The van der Waals surface area contributed by atoms with Gasteiger partial charge in [-0.15, -0.1) is 0 Å². The molecule has 0 saturated carbocycles. The Labute approximate surface area is 164 Å². The molecule has 1 N–H and O–H groups in total. The van der Waals surface area contributed by atoms with E-state index in [1.165, 1.54) is 12.8 Å². The second-order valence-electron chi connectivity index (χ2n) is 7.04. The molecule has 142 valence electrons. The van der Waals surface area contributed by atoms with Gasteiger partial charge in [0.25, 0.3) is 0 Å². The summed E-state index contributed by atoms with van der Waals surface area (Å²) in [6.45, 7) is 2.97. The molecule has 28 heavy (non-hydrogen) atoms. The number of aromatic nitrogens is 2. The van der Waals surface area contributed by atoms with Gasteiger partial charge < -0.3 is 19.7 Å². The topological polar surface area (TPSA) is 59.5 Å². The maximum atomic E-state index is 5.47. The zero-order valence-electron chi connectivity index (χ0n) is 15.6. The van der Waals surface area contributed by atoms with E-state index < -0.39 is 0 Å². The second-order valence-corrected chi connectivity index (χ2v) is 7.04. The maximum absolute atomic E-state index is 5.47. The summed E-state index contributed by atoms with van der Waals surface area (Å²) in [4.78, 5) is 11.9. The van der Waals surface area contributed by atoms with E-state index in [4.69, 9.17) is 19.4 Å². The minimum Gasteiger partial charge on any atom is -0.454 e. The van der Waals surface area contributed by atoms with Gasteiger partial charge in [-0.05, 0) is 30.5 Å². The molecule has 3 aromatic rings. The Hall–Kier alpha value is -3.28. The summed E-state index contributed by atoms with van der Waals surface area (Å²) < 4.78 is 10.9. The minimum atomic E-state index is 0.289. The molecule has 0 spiro atoms. The normalized spacial score (nSPS) is 15.1. The lowest BCUT2D eigenvalue weighted by atomic mass is 10.1. The highest BCUT2D eigenvalue weighted by Gasteiger charge is 2.17. The van der Waals surface area contributed by atoms with E-state index in [0.717, 1.165) is 53.2 Å². The third-order valence-electron chi connectivity index (χ3n) is 5.08. The van der Waals surface area contributed by atoms with Gasteiger partial charge in [0, 0.05) is 31.3 Å². The number of rotatable bonds is 5. The van der Waals surface area contributed by atoms with Crippen LogP contribution in [0.15, 0.2) is 54.6 Å². The number of hydrogen-bond acceptors (Lipinski definition) is 6. The molecular weight excluding hydrogens is 352 g/mol. The molecule has 2 aliphatic heterocycles. The van der Waals surface area contributed by atoms with Crippen molar-refractivity contribution in [1.29, 1.82) is 0 Å². The highest BCUT2D eigenvalue weighted by atomic mass is 16.7. The molecule has 2 aromatic carbocycles. The van der Waals surface area contributed by atoms with Crippen molar-refractivity contribution in [2.45, 2.75) is 19.4 Å². The molecule has 6 nitrogen and oxygen atoms in total. The number of fused-ring (bicyclic) bond motifs is 1. The first-order valence-electron chi connectivity index (χ1n) is 9.67. The SMILES string of the molecule is c1ccc(-c2cc(NCc3ccc4c(c3)OCO4)nc(N3CCCC3)n2)cc1. The zero-order chi connectivity index (χ0) is 18.8. The number of ether oxygens (including phenoxy) is 2. The van der Waals surface area contributed by atoms with Gasteiger partial charge in [-0.3, -0.25) is 0 Å². The predicted octanol–water partition coefficient (Wildman–Crippen LogP) is 4.08. The van der Waals surface area contributed by atoms with Gasteiger partial charge in [-0.25, -0.2) is 4.98 Å². The summed E-state index contributed by atoms with van der Waals surface area (Å²) in [5.74, 6) is 3.22. The van der Waals surface area contributed by atoms with Gasteiger partial charge in [-0.1, -0.05) is 36.4 Å². The number of nitrogens with zero attached hydrogens (tertiary/aromatic N) is 3. The molecule has 0 atom stereocenters. The van der Waals surface area contributed by atoms with Gasteiger partial charge in [-0.2, -0.15) is 4.98 Å². The van der Waals surface area contributed by atoms with Crippen molar-refractivity contribution in [3.63, 3.8) is 0 Å². The minimum absolute atomic E-state index is 0.289. The molecule has 0 aliphatic carbocycles. The smallest absolute Gasteiger partial charge is 0.231 e. The Morgan fingerprint density at radius 3 is 2.57 bits per heavy atom. The van der Waals surface area contributed by atoms with E-state index in [-0.39, 0.29) is 6.79 Å². The van der Waals surface area contributed by atoms with E-state index in [0.29, 0.717) is 6.54 Å². The molecule has 0 amide bonds. The number of nitrogens with one attached hydrogen (secondary N) is 1. The lowest BCUT2D eigenvalue weighted by Gasteiger charge is -2.18. The van der Waals surface area contributed by atoms with Crippen LogP contribution in [0.3, 0.4) is 0 Å². The number of anilines is 2. The van der Waals surface area contributed by atoms with Crippen LogP contribution in [0, 0.1) is 0 Å². The van der Waals surface area contributed by atoms with Crippen LogP contribution in [0.1, 0.15) is 18.4 Å². The first-order chi connectivity index (χ1) is 13.8. The fourth-order valence-corrected chi connectivity index (χ4v) is 3.58. The van der Waals surface area contributed by atoms with Crippen LogP contribution in [0.2, 0.25) is 0 Å². The van der Waals surface area contributed by atoms with Gasteiger partial charge >= 0.3 is 0 Å². The summed E-state index contributed by atoms with van der Waals surface area (Å²) in [6.07, 6.45) is 2.39. The standard InChI is InChI=1S/C22H22N4O2/c1-2-6-17(7-3-1)18-13-21(25-22(24-18)26-10-4-5-11-26)23-14-16-8-9-19-20(12-16)28-15-27-19/h1-3,6-9,12-13H,4-5,10-11,14-15H2,(H,23,24,25). The molecule has 3 heterocycles. The summed E-state index contributed by atoms with van der Waals surface area (Å²) in [5.41, 5.74) is 3.15. The third-order valence-corrected chi connectivity index (χ3v) is 5.08. The van der Waals surface area contributed by atoms with Crippen LogP contribution >= 0.6 is 0 Å². The van der Waals surface area contributed by atoms with E-state index >= 15 is 0 Å². The highest BCUT2D eigenvalue weighted by Crippen LogP contribution is 2.33. The summed E-state index contributed by atoms with van der Waals surface area (Å²) in [6, 6.07) is 18.3. The Morgan fingerprint density at radius 1 is 0.893 bits per heavy atom. The summed E-state index contributed by atoms with van der Waals surface area (Å²) in [5, 5.41) is 3.45. The molecule has 5 rings (SSSR count). The quantitative estimate of drug-likeness (QED) is 0.726. The van der Waals surface area contributed by atoms with E-state index in [2.05, 4.69) is 22.3 Å². The molecule has 2 aliphatic rings. The first-order valence-corrected chi connectivity index (χ1v) is 9.67. The number of hydrogen-bond donors (Lipinski definition) is 1. The van der Waals surface area contributed by atoms with E-state index in [1.54, 1.807) is 0 Å². The van der Waals surface area contributed by atoms with Crippen molar-refractivity contribution in [3.8, 4) is 22.8 Å². The number of benzene rings is 2. The second kappa shape index (κ2) is 7.38. The molecule has 0 unspecified atom stereocenters. The molecule has 1 aromatic heterocycles. The van der Waals surface area contributed by atoms with Crippen LogP contribution in [-0.2, 0) is 6.54 Å². The Bertz CT molecular complexity index is 972. The monoisotopic (exact) mass is 374 g/mol. The van der Waals surface area contributed by atoms with Crippen molar-refractivity contribution in [2.24, 2.45) is 0 Å². The molecular formula is C22H22N4O2. The molecule has 0 bridgehead atoms. The lowest BCUT2D eigenvalue weighted by molar-refractivity contribution is 0.174. The van der Waals surface area contributed by atoms with Crippen LogP contribution in [0.5, 0.6) is 11.5 Å². The van der Waals surface area contributed by atoms with E-state index in [9.17, 15) is 0 Å². The molecule has 1 saturated heterocycles. The Kier molecular flexibility index (Phi) is 4.45. The summed E-state index contributed by atoms with van der Waals surface area (Å²) in [7, 11) is 0. The van der Waals surface area contributed by atoms with Gasteiger partial charge in [0.15, 0.2) is 11.5 Å². The highest BCUT2D eigenvalue weighted by molar-refractivity contribution is 5.64. The fourth-order valence-electron chi connectivity index (χ4n) is 3.58. The van der Waals surface area contributed by atoms with Gasteiger partial charge in [0.05, 0.1) is 5.69 Å². The summed E-state index contributed by atoms with van der Waals surface area (Å²) >= 11 is 0. The average Bonchev–Trinajstić information content (AvgIpc) is 3.44. The van der Waals surface area contributed by atoms with Crippen molar-refractivity contribution >= 4 is 11.8 Å². The molecule has 1 fully saturated rings. The third kappa shape index (κ3) is 3.45. The Morgan fingerprint density at radius 2 is 1.71 bits per heavy atom. The molecule has 6 heteroatoms. The lowest BCUT2D eigenvalue weighted by Crippen LogP contribution is -2.21. The van der Waals surface area contributed by atoms with Gasteiger partial charge in [0.1, 0.15) is 5.82 Å². The van der Waals surface area contributed by atoms with Crippen molar-refractivity contribution in [3.05, 3.63) is 60.2 Å². The predicted molar refractivity (Wildman–Crippen MR) is 109 cm³/mol. The van der Waals surface area contributed by atoms with Crippen LogP contribution in [0.25, 0.3) is 11.3 Å². The average molecular weight is 374 g/mol. The van der Waals surface area contributed by atoms with Crippen molar-refractivity contribution in [1.82, 2.24) is 9.97 Å². The van der Waals surface area contributed by atoms with E-state index in [1.807, 2.05) is 42.5 Å². The van der Waals surface area contributed by atoms with Crippen LogP contribution < -0.4 is 19.7 Å². The van der Waals surface area contributed by atoms with Gasteiger partial charge in [0.2, 0.25) is 12.7 Å². The Balaban J connectivity index is 1.42. The van der Waals surface area contributed by atoms with Crippen molar-refractivity contribution in [2.75, 3.05) is 30.1 Å². The maximum Gasteiger partial charge on any atom is 0.231 e. The zero-order valence-corrected chi connectivity index (χ0v) is 15.6. The largest absolute Gasteiger partial charge is 0.454 e.